The second kappa shape index (κ2) is 5.00. The van der Waals surface area contributed by atoms with E-state index < -0.39 is 0 Å². The number of nitrogens with two attached hydrogens (primary N) is 1. The summed E-state index contributed by atoms with van der Waals surface area (Å²) in [6.45, 7) is 4.09. The molecular formula is C7H18N6. The molecule has 1 aliphatic heterocycles. The van der Waals surface area contributed by atoms with Gasteiger partial charge in [-0.25, -0.2) is 10.9 Å². The van der Waals surface area contributed by atoms with Crippen molar-refractivity contribution in [3.8, 4) is 0 Å². The van der Waals surface area contributed by atoms with E-state index in [1.54, 1.807) is 7.05 Å². The van der Waals surface area contributed by atoms with E-state index in [0.29, 0.717) is 5.96 Å². The maximum atomic E-state index is 5.25. The Morgan fingerprint density at radius 2 is 1.92 bits per heavy atom. The van der Waals surface area contributed by atoms with E-state index in [-0.39, 0.29) is 0 Å². The minimum absolute atomic E-state index is 0.601. The second-order valence-electron chi connectivity index (χ2n) is 3.12. The van der Waals surface area contributed by atoms with E-state index in [1.165, 1.54) is 0 Å². The summed E-state index contributed by atoms with van der Waals surface area (Å²) in [5, 5.41) is 2.10. The highest BCUT2D eigenvalue weighted by Crippen LogP contribution is 1.94. The summed E-state index contributed by atoms with van der Waals surface area (Å²) < 4.78 is 0. The number of hydrazine groups is 2. The molecule has 0 saturated carbocycles. The molecule has 1 rings (SSSR count). The lowest BCUT2D eigenvalue weighted by Gasteiger charge is -2.32. The summed E-state index contributed by atoms with van der Waals surface area (Å²) >= 11 is 0. The summed E-state index contributed by atoms with van der Waals surface area (Å²) in [5.74, 6) is 5.85. The molecule has 6 heteroatoms. The van der Waals surface area contributed by atoms with Gasteiger partial charge in [-0.2, -0.15) is 0 Å². The largest absolute Gasteiger partial charge is 0.304 e. The van der Waals surface area contributed by atoms with Crippen LogP contribution in [0.15, 0.2) is 4.99 Å². The van der Waals surface area contributed by atoms with Gasteiger partial charge in [-0.1, -0.05) is 0 Å². The van der Waals surface area contributed by atoms with Gasteiger partial charge in [0.15, 0.2) is 0 Å². The fourth-order valence-electron chi connectivity index (χ4n) is 1.21. The molecule has 1 aliphatic rings. The first kappa shape index (κ1) is 10.2. The van der Waals surface area contributed by atoms with Crippen LogP contribution in [0.25, 0.3) is 0 Å². The maximum absolute atomic E-state index is 5.25. The van der Waals surface area contributed by atoms with Gasteiger partial charge in [0, 0.05) is 33.2 Å². The summed E-state index contributed by atoms with van der Waals surface area (Å²) in [5.41, 5.74) is 5.59. The van der Waals surface area contributed by atoms with Crippen LogP contribution in [0.3, 0.4) is 0 Å². The Hall–Kier alpha value is -0.850. The van der Waals surface area contributed by atoms with Gasteiger partial charge >= 0.3 is 0 Å². The zero-order chi connectivity index (χ0) is 9.68. The van der Waals surface area contributed by atoms with Crippen molar-refractivity contribution in [3.05, 3.63) is 0 Å². The third kappa shape index (κ3) is 3.17. The Bertz CT molecular complexity index is 172. The molecule has 0 radical (unpaired) electrons. The summed E-state index contributed by atoms with van der Waals surface area (Å²) in [4.78, 5) is 6.22. The van der Waals surface area contributed by atoms with Gasteiger partial charge in [-0.15, -0.1) is 0 Å². The van der Waals surface area contributed by atoms with Crippen LogP contribution in [0.1, 0.15) is 0 Å². The molecule has 0 bridgehead atoms. The number of guanidine groups is 1. The first-order valence-corrected chi connectivity index (χ1v) is 4.40. The van der Waals surface area contributed by atoms with Gasteiger partial charge in [0.2, 0.25) is 5.96 Å². The Labute approximate surface area is 78.7 Å². The molecule has 1 saturated heterocycles. The van der Waals surface area contributed by atoms with E-state index in [4.69, 9.17) is 5.84 Å². The zero-order valence-electron chi connectivity index (χ0n) is 8.25. The van der Waals surface area contributed by atoms with Crippen molar-refractivity contribution in [3.63, 3.8) is 0 Å². The molecule has 0 atom stereocenters. The van der Waals surface area contributed by atoms with Crippen LogP contribution in [0.5, 0.6) is 0 Å². The second-order valence-corrected chi connectivity index (χ2v) is 3.12. The summed E-state index contributed by atoms with van der Waals surface area (Å²) in [6, 6.07) is 0. The zero-order valence-corrected chi connectivity index (χ0v) is 8.25. The van der Waals surface area contributed by atoms with Crippen LogP contribution in [0.4, 0.5) is 0 Å². The van der Waals surface area contributed by atoms with Gasteiger partial charge in [-0.05, 0) is 7.05 Å². The van der Waals surface area contributed by atoms with Crippen molar-refractivity contribution < 1.29 is 0 Å². The van der Waals surface area contributed by atoms with E-state index >= 15 is 0 Å². The molecule has 1 heterocycles. The molecule has 0 aliphatic carbocycles. The molecule has 13 heavy (non-hydrogen) atoms. The van der Waals surface area contributed by atoms with E-state index in [2.05, 4.69) is 32.8 Å². The fourth-order valence-corrected chi connectivity index (χ4v) is 1.21. The lowest BCUT2D eigenvalue weighted by atomic mass is 10.4. The molecule has 0 unspecified atom stereocenters. The molecular weight excluding hydrogens is 168 g/mol. The van der Waals surface area contributed by atoms with Crippen molar-refractivity contribution in [2.75, 3.05) is 40.3 Å². The molecule has 0 aromatic rings. The first-order chi connectivity index (χ1) is 6.26. The van der Waals surface area contributed by atoms with Crippen molar-refractivity contribution in [1.29, 1.82) is 0 Å². The summed E-state index contributed by atoms with van der Waals surface area (Å²) in [6.07, 6.45) is 0. The minimum atomic E-state index is 0.601. The number of aliphatic imine (C=N–C) groups is 1. The van der Waals surface area contributed by atoms with Crippen LogP contribution in [0, 0.1) is 0 Å². The maximum Gasteiger partial charge on any atom is 0.220 e. The molecule has 1 fully saturated rings. The number of nitrogens with one attached hydrogen (secondary N) is 2. The molecule has 0 aromatic carbocycles. The number of rotatable bonds is 1. The van der Waals surface area contributed by atoms with Crippen molar-refractivity contribution in [1.82, 2.24) is 20.8 Å². The van der Waals surface area contributed by atoms with Crippen LogP contribution in [0.2, 0.25) is 0 Å². The average Bonchev–Trinajstić information content (AvgIpc) is 2.17. The van der Waals surface area contributed by atoms with Crippen molar-refractivity contribution in [2.24, 2.45) is 10.8 Å². The monoisotopic (exact) mass is 186 g/mol. The van der Waals surface area contributed by atoms with Gasteiger partial charge in [0.1, 0.15) is 0 Å². The molecule has 4 N–H and O–H groups in total. The third-order valence-electron chi connectivity index (χ3n) is 2.13. The quantitative estimate of drug-likeness (QED) is 0.195. The lowest BCUT2D eigenvalue weighted by Crippen LogP contribution is -2.56. The lowest BCUT2D eigenvalue weighted by molar-refractivity contribution is 0.129. The Kier molecular flexibility index (Phi) is 3.94. The van der Waals surface area contributed by atoms with Crippen LogP contribution < -0.4 is 16.7 Å². The highest BCUT2D eigenvalue weighted by molar-refractivity contribution is 5.78. The van der Waals surface area contributed by atoms with E-state index in [0.717, 1.165) is 26.2 Å². The highest BCUT2D eigenvalue weighted by atomic mass is 15.6. The highest BCUT2D eigenvalue weighted by Gasteiger charge is 2.13. The summed E-state index contributed by atoms with van der Waals surface area (Å²) in [7, 11) is 3.81. The Morgan fingerprint density at radius 1 is 1.31 bits per heavy atom. The van der Waals surface area contributed by atoms with Gasteiger partial charge in [0.05, 0.1) is 0 Å². The number of nitrogens with zero attached hydrogens (tertiary/aromatic N) is 3. The van der Waals surface area contributed by atoms with Crippen LogP contribution in [-0.4, -0.2) is 56.1 Å². The third-order valence-corrected chi connectivity index (χ3v) is 2.13. The molecule has 76 valence electrons. The topological polar surface area (TPSA) is 68.9 Å². The molecule has 0 aromatic heterocycles. The van der Waals surface area contributed by atoms with Gasteiger partial charge in [0.25, 0.3) is 0 Å². The predicted molar refractivity (Wildman–Crippen MR) is 52.9 cm³/mol. The number of hydrogen-bond donors (Lipinski definition) is 3. The number of piperazine rings is 1. The van der Waals surface area contributed by atoms with E-state index in [1.807, 2.05) is 0 Å². The van der Waals surface area contributed by atoms with Gasteiger partial charge in [-0.3, -0.25) is 15.8 Å². The molecule has 6 nitrogen and oxygen atoms in total. The Balaban J connectivity index is 2.29. The number of likely N-dealkylation sites (N-methyl/N-ethyl adjacent to an activating group) is 1. The predicted octanol–water partition coefficient (Wildman–Crippen LogP) is -1.81. The Morgan fingerprint density at radius 3 is 2.38 bits per heavy atom. The standard InChI is InChI=1S/C7H18N6/c1-9-7(10-8)11-13-5-3-12(2)4-6-13/h3-6,8H2,1-2H3,(H2,9,10,11). The average molecular weight is 186 g/mol. The SMILES string of the molecule is CN=C(NN)NN1CCN(C)CC1. The van der Waals surface area contributed by atoms with Crippen molar-refractivity contribution >= 4 is 5.96 Å². The first-order valence-electron chi connectivity index (χ1n) is 4.40. The van der Waals surface area contributed by atoms with Crippen molar-refractivity contribution in [2.45, 2.75) is 0 Å². The number of hydrogen-bond acceptors (Lipinski definition) is 4. The minimum Gasteiger partial charge on any atom is -0.304 e. The normalized spacial score (nSPS) is 21.6. The van der Waals surface area contributed by atoms with Gasteiger partial charge < -0.3 is 4.90 Å². The smallest absolute Gasteiger partial charge is 0.220 e. The van der Waals surface area contributed by atoms with Crippen LogP contribution >= 0.6 is 0 Å². The van der Waals surface area contributed by atoms with Crippen LogP contribution in [-0.2, 0) is 0 Å². The van der Waals surface area contributed by atoms with E-state index in [9.17, 15) is 0 Å². The molecule has 0 amide bonds. The fraction of sp³-hybridized carbons (Fsp3) is 0.857. The molecule has 0 spiro atoms.